The molecule has 0 aliphatic rings. The number of nitrogens with one attached hydrogen (secondary N) is 1. The second-order valence-corrected chi connectivity index (χ2v) is 3.23. The highest BCUT2D eigenvalue weighted by Crippen LogP contribution is 2.03. The Balaban J connectivity index is 3.11. The van der Waals surface area contributed by atoms with Crippen molar-refractivity contribution >= 4 is 0 Å². The van der Waals surface area contributed by atoms with E-state index in [-0.39, 0.29) is 5.56 Å². The summed E-state index contributed by atoms with van der Waals surface area (Å²) >= 11 is 0. The molecule has 1 aromatic rings. The molecule has 3 heteroatoms. The van der Waals surface area contributed by atoms with Crippen molar-refractivity contribution in [3.63, 3.8) is 0 Å². The number of aromatic amines is 1. The Kier molecular flexibility index (Phi) is 3.34. The van der Waals surface area contributed by atoms with Crippen molar-refractivity contribution in [2.75, 3.05) is 0 Å². The lowest BCUT2D eigenvalue weighted by atomic mass is 10.1. The molecule has 0 amide bonds. The van der Waals surface area contributed by atoms with Crippen molar-refractivity contribution < 1.29 is 0 Å². The van der Waals surface area contributed by atoms with E-state index in [2.05, 4.69) is 18.9 Å². The third-order valence-electron chi connectivity index (χ3n) is 2.29. The molecule has 0 atom stereocenters. The normalized spacial score (nSPS) is 10.7. The molecule has 0 aliphatic carbocycles. The molecule has 0 saturated heterocycles. The number of nitrogens with zero attached hydrogens (tertiary/aromatic N) is 1. The monoisotopic (exact) mass is 182 g/mol. The molecule has 1 heterocycles. The average molecular weight is 182 g/mol. The zero-order valence-corrected chi connectivity index (χ0v) is 8.68. The number of H-pyrrole nitrogens is 1. The van der Waals surface area contributed by atoms with Gasteiger partial charge < -0.3 is 0 Å². The Labute approximate surface area is 78.8 Å². The van der Waals surface area contributed by atoms with Gasteiger partial charge in [0.15, 0.2) is 0 Å². The summed E-state index contributed by atoms with van der Waals surface area (Å²) in [5.74, 6) is 0. The van der Waals surface area contributed by atoms with Gasteiger partial charge in [0.05, 0.1) is 0 Å². The van der Waals surface area contributed by atoms with E-state index in [0.717, 1.165) is 37.1 Å². The average Bonchev–Trinajstić information content (AvgIpc) is 2.44. The maximum atomic E-state index is 11.7. The first kappa shape index (κ1) is 10.1. The van der Waals surface area contributed by atoms with Crippen LogP contribution in [0.2, 0.25) is 0 Å². The van der Waals surface area contributed by atoms with Crippen LogP contribution in [0.15, 0.2) is 4.79 Å². The van der Waals surface area contributed by atoms with Crippen LogP contribution in [0, 0.1) is 0 Å². The Morgan fingerprint density at radius 1 is 1.23 bits per heavy atom. The first-order chi connectivity index (χ1) is 6.24. The summed E-state index contributed by atoms with van der Waals surface area (Å²) in [7, 11) is 0. The summed E-state index contributed by atoms with van der Waals surface area (Å²) in [6, 6.07) is 0. The molecule has 3 nitrogen and oxygen atoms in total. The number of hydrogen-bond acceptors (Lipinski definition) is 1. The molecule has 1 N–H and O–H groups in total. The lowest BCUT2D eigenvalue weighted by Gasteiger charge is -1.96. The standard InChI is InChI=1S/C10H18N2O/c1-4-7-12-10(13)8(5-2)9(6-3)11-12/h11H,4-7H2,1-3H3. The fraction of sp³-hybridized carbons (Fsp3) is 0.700. The van der Waals surface area contributed by atoms with Gasteiger partial charge in [-0.25, -0.2) is 0 Å². The van der Waals surface area contributed by atoms with Crippen molar-refractivity contribution in [1.82, 2.24) is 9.78 Å². The highest BCUT2D eigenvalue weighted by molar-refractivity contribution is 5.17. The van der Waals surface area contributed by atoms with Gasteiger partial charge >= 0.3 is 0 Å². The van der Waals surface area contributed by atoms with E-state index < -0.39 is 0 Å². The fourth-order valence-electron chi connectivity index (χ4n) is 1.61. The quantitative estimate of drug-likeness (QED) is 0.756. The number of aromatic nitrogens is 2. The van der Waals surface area contributed by atoms with Crippen LogP contribution < -0.4 is 5.56 Å². The highest BCUT2D eigenvalue weighted by Gasteiger charge is 2.09. The minimum absolute atomic E-state index is 0.168. The second-order valence-electron chi connectivity index (χ2n) is 3.23. The van der Waals surface area contributed by atoms with Crippen LogP contribution in [-0.2, 0) is 19.4 Å². The van der Waals surface area contributed by atoms with Crippen LogP contribution in [0.3, 0.4) is 0 Å². The molecule has 1 rings (SSSR count). The van der Waals surface area contributed by atoms with E-state index in [1.54, 1.807) is 4.68 Å². The maximum absolute atomic E-state index is 11.7. The third-order valence-corrected chi connectivity index (χ3v) is 2.29. The Hall–Kier alpha value is -0.990. The first-order valence-electron chi connectivity index (χ1n) is 5.05. The molecule has 0 bridgehead atoms. The van der Waals surface area contributed by atoms with E-state index in [0.29, 0.717) is 0 Å². The first-order valence-corrected chi connectivity index (χ1v) is 5.05. The summed E-state index contributed by atoms with van der Waals surface area (Å²) in [4.78, 5) is 11.7. The van der Waals surface area contributed by atoms with Gasteiger partial charge in [0, 0.05) is 17.8 Å². The summed E-state index contributed by atoms with van der Waals surface area (Å²) < 4.78 is 1.72. The minimum atomic E-state index is 0.168. The molecule has 0 radical (unpaired) electrons. The molecule has 74 valence electrons. The predicted molar refractivity (Wildman–Crippen MR) is 54.1 cm³/mol. The van der Waals surface area contributed by atoms with Gasteiger partial charge in [0.2, 0.25) is 0 Å². The second kappa shape index (κ2) is 4.30. The number of aryl methyl sites for hydroxylation is 2. The number of hydrogen-bond donors (Lipinski definition) is 1. The van der Waals surface area contributed by atoms with Crippen LogP contribution in [0.25, 0.3) is 0 Å². The summed E-state index contributed by atoms with van der Waals surface area (Å²) in [5, 5.41) is 3.16. The molecule has 13 heavy (non-hydrogen) atoms. The van der Waals surface area contributed by atoms with E-state index in [1.165, 1.54) is 0 Å². The zero-order valence-electron chi connectivity index (χ0n) is 8.68. The van der Waals surface area contributed by atoms with Gasteiger partial charge in [0.1, 0.15) is 0 Å². The van der Waals surface area contributed by atoms with Crippen molar-refractivity contribution in [3.8, 4) is 0 Å². The fourth-order valence-corrected chi connectivity index (χ4v) is 1.61. The van der Waals surface area contributed by atoms with Crippen LogP contribution in [0.4, 0.5) is 0 Å². The molecule has 0 spiro atoms. The van der Waals surface area contributed by atoms with Crippen molar-refractivity contribution in [2.24, 2.45) is 0 Å². The van der Waals surface area contributed by atoms with E-state index in [9.17, 15) is 4.79 Å². The van der Waals surface area contributed by atoms with E-state index in [4.69, 9.17) is 0 Å². The lowest BCUT2D eigenvalue weighted by molar-refractivity contribution is 0.578. The Bertz CT molecular complexity index is 322. The molecule has 0 saturated carbocycles. The van der Waals surface area contributed by atoms with Crippen LogP contribution in [-0.4, -0.2) is 9.78 Å². The minimum Gasteiger partial charge on any atom is -0.299 e. The molecule has 1 aromatic heterocycles. The van der Waals surface area contributed by atoms with Gasteiger partial charge in [-0.2, -0.15) is 0 Å². The maximum Gasteiger partial charge on any atom is 0.269 e. The SMILES string of the molecule is CCCn1[nH]c(CC)c(CC)c1=O. The molecule has 0 aromatic carbocycles. The Morgan fingerprint density at radius 3 is 2.31 bits per heavy atom. The van der Waals surface area contributed by atoms with Gasteiger partial charge in [0.25, 0.3) is 5.56 Å². The number of rotatable bonds is 4. The van der Waals surface area contributed by atoms with Gasteiger partial charge in [-0.1, -0.05) is 20.8 Å². The van der Waals surface area contributed by atoms with E-state index in [1.807, 2.05) is 6.92 Å². The molecule has 0 fully saturated rings. The summed E-state index contributed by atoms with van der Waals surface area (Å²) in [6.45, 7) is 6.97. The predicted octanol–water partition coefficient (Wildman–Crippen LogP) is 1.71. The molecule has 0 aliphatic heterocycles. The van der Waals surface area contributed by atoms with Crippen molar-refractivity contribution in [3.05, 3.63) is 21.6 Å². The summed E-state index contributed by atoms with van der Waals surface area (Å²) in [6.07, 6.45) is 2.73. The molecular formula is C10H18N2O. The summed E-state index contributed by atoms with van der Waals surface area (Å²) in [5.41, 5.74) is 2.22. The zero-order chi connectivity index (χ0) is 9.84. The van der Waals surface area contributed by atoms with Gasteiger partial charge in [-0.05, 0) is 19.3 Å². The van der Waals surface area contributed by atoms with Gasteiger partial charge in [-0.15, -0.1) is 0 Å². The van der Waals surface area contributed by atoms with E-state index >= 15 is 0 Å². The Morgan fingerprint density at radius 2 is 1.92 bits per heavy atom. The van der Waals surface area contributed by atoms with Crippen LogP contribution >= 0.6 is 0 Å². The van der Waals surface area contributed by atoms with Crippen LogP contribution in [0.5, 0.6) is 0 Å². The highest BCUT2D eigenvalue weighted by atomic mass is 16.1. The van der Waals surface area contributed by atoms with Crippen LogP contribution in [0.1, 0.15) is 38.4 Å². The van der Waals surface area contributed by atoms with Crippen molar-refractivity contribution in [1.29, 1.82) is 0 Å². The third kappa shape index (κ3) is 1.85. The molecule has 0 unspecified atom stereocenters. The smallest absolute Gasteiger partial charge is 0.269 e. The van der Waals surface area contributed by atoms with Gasteiger partial charge in [-0.3, -0.25) is 14.6 Å². The topological polar surface area (TPSA) is 37.8 Å². The van der Waals surface area contributed by atoms with Crippen molar-refractivity contribution in [2.45, 2.75) is 46.6 Å². The largest absolute Gasteiger partial charge is 0.299 e. The molecular weight excluding hydrogens is 164 g/mol. The lowest BCUT2D eigenvalue weighted by Crippen LogP contribution is -2.18.